The van der Waals surface area contributed by atoms with Gasteiger partial charge in [0.1, 0.15) is 5.75 Å². The molecule has 0 aliphatic rings. The number of fused-ring (bicyclic) bond motifs is 1. The Balaban J connectivity index is 2.86. The smallest absolute Gasteiger partial charge is 0.126 e. The number of nitrogens with one attached hydrogen (secondary N) is 1. The summed E-state index contributed by atoms with van der Waals surface area (Å²) >= 11 is 0. The lowest BCUT2D eigenvalue weighted by atomic mass is 10.0. The zero-order valence-corrected chi connectivity index (χ0v) is 8.33. The number of rotatable bonds is 1. The molecule has 0 aliphatic carbocycles. The average molecular weight is 187 g/mol. The highest BCUT2D eigenvalue weighted by Gasteiger charge is 2.04. The molecule has 2 aromatic carbocycles. The molecule has 0 fully saturated rings. The van der Waals surface area contributed by atoms with E-state index in [1.807, 2.05) is 44.3 Å². The van der Waals surface area contributed by atoms with E-state index < -0.39 is 0 Å². The first-order chi connectivity index (χ1) is 6.74. The molecule has 0 bridgehead atoms. The van der Waals surface area contributed by atoms with Gasteiger partial charge in [0.25, 0.3) is 0 Å². The van der Waals surface area contributed by atoms with Crippen LogP contribution >= 0.6 is 0 Å². The van der Waals surface area contributed by atoms with Gasteiger partial charge in [-0.05, 0) is 18.6 Å². The SMILES string of the molecule is CNc1cccc2c(O)c(C)ccc12. The average Bonchev–Trinajstić information content (AvgIpc) is 2.23. The minimum absolute atomic E-state index is 0.375. The number of aryl methyl sites for hydroxylation is 1. The Hall–Kier alpha value is -1.70. The van der Waals surface area contributed by atoms with Crippen LogP contribution in [0.5, 0.6) is 5.75 Å². The Kier molecular flexibility index (Phi) is 2.04. The van der Waals surface area contributed by atoms with Crippen LogP contribution in [0, 0.1) is 6.92 Å². The number of aromatic hydroxyl groups is 1. The molecule has 0 unspecified atom stereocenters. The minimum Gasteiger partial charge on any atom is -0.507 e. The molecule has 0 amide bonds. The molecule has 0 heterocycles. The zero-order chi connectivity index (χ0) is 10.1. The number of anilines is 1. The normalized spacial score (nSPS) is 10.4. The molecule has 0 spiro atoms. The standard InChI is InChI=1S/C12H13NO/c1-8-6-7-9-10(12(8)14)4-3-5-11(9)13-2/h3-7,13-14H,1-2H3. The van der Waals surface area contributed by atoms with Gasteiger partial charge in [0.2, 0.25) is 0 Å². The molecule has 0 aromatic heterocycles. The van der Waals surface area contributed by atoms with Crippen LogP contribution in [0.1, 0.15) is 5.56 Å². The predicted molar refractivity (Wildman–Crippen MR) is 59.9 cm³/mol. The van der Waals surface area contributed by atoms with Crippen molar-refractivity contribution >= 4 is 16.5 Å². The summed E-state index contributed by atoms with van der Waals surface area (Å²) in [7, 11) is 1.88. The van der Waals surface area contributed by atoms with Crippen LogP contribution < -0.4 is 5.32 Å². The van der Waals surface area contributed by atoms with Crippen LogP contribution in [0.2, 0.25) is 0 Å². The second-order valence-electron chi connectivity index (χ2n) is 3.38. The molecule has 72 valence electrons. The third-order valence-corrected chi connectivity index (χ3v) is 2.50. The lowest BCUT2D eigenvalue weighted by Crippen LogP contribution is -1.89. The van der Waals surface area contributed by atoms with Crippen LogP contribution in [0.3, 0.4) is 0 Å². The maximum Gasteiger partial charge on any atom is 0.126 e. The van der Waals surface area contributed by atoms with E-state index >= 15 is 0 Å². The number of hydrogen-bond acceptors (Lipinski definition) is 2. The van der Waals surface area contributed by atoms with Crippen molar-refractivity contribution in [1.29, 1.82) is 0 Å². The van der Waals surface area contributed by atoms with E-state index in [-0.39, 0.29) is 0 Å². The third kappa shape index (κ3) is 1.20. The highest BCUT2D eigenvalue weighted by Crippen LogP contribution is 2.32. The third-order valence-electron chi connectivity index (χ3n) is 2.50. The molecule has 2 nitrogen and oxygen atoms in total. The van der Waals surface area contributed by atoms with Crippen molar-refractivity contribution in [2.75, 3.05) is 12.4 Å². The molecule has 14 heavy (non-hydrogen) atoms. The van der Waals surface area contributed by atoms with E-state index in [9.17, 15) is 5.11 Å². The van der Waals surface area contributed by atoms with Gasteiger partial charge in [-0.2, -0.15) is 0 Å². The van der Waals surface area contributed by atoms with Gasteiger partial charge in [-0.25, -0.2) is 0 Å². The largest absolute Gasteiger partial charge is 0.507 e. The Morgan fingerprint density at radius 1 is 1.07 bits per heavy atom. The van der Waals surface area contributed by atoms with Crippen molar-refractivity contribution in [2.45, 2.75) is 6.92 Å². The first-order valence-corrected chi connectivity index (χ1v) is 4.63. The maximum absolute atomic E-state index is 9.85. The Bertz CT molecular complexity index is 477. The molecular formula is C12H13NO. The minimum atomic E-state index is 0.375. The summed E-state index contributed by atoms with van der Waals surface area (Å²) in [5.41, 5.74) is 1.95. The van der Waals surface area contributed by atoms with E-state index in [4.69, 9.17) is 0 Å². The van der Waals surface area contributed by atoms with Gasteiger partial charge in [-0.1, -0.05) is 24.3 Å². The fourth-order valence-corrected chi connectivity index (χ4v) is 1.67. The van der Waals surface area contributed by atoms with Crippen molar-refractivity contribution in [2.24, 2.45) is 0 Å². The molecule has 2 rings (SSSR count). The zero-order valence-electron chi connectivity index (χ0n) is 8.33. The first-order valence-electron chi connectivity index (χ1n) is 4.63. The Morgan fingerprint density at radius 3 is 2.57 bits per heavy atom. The quantitative estimate of drug-likeness (QED) is 0.719. The van der Waals surface area contributed by atoms with Crippen molar-refractivity contribution in [3.63, 3.8) is 0 Å². The number of phenolic OH excluding ortho intramolecular Hbond substituents is 1. The van der Waals surface area contributed by atoms with Crippen LogP contribution in [0.4, 0.5) is 5.69 Å². The fourth-order valence-electron chi connectivity index (χ4n) is 1.67. The first kappa shape index (κ1) is 8.88. The number of hydrogen-bond donors (Lipinski definition) is 2. The van der Waals surface area contributed by atoms with Crippen LogP contribution in [0.15, 0.2) is 30.3 Å². The lowest BCUT2D eigenvalue weighted by molar-refractivity contribution is 0.477. The van der Waals surface area contributed by atoms with Gasteiger partial charge in [0.05, 0.1) is 0 Å². The summed E-state index contributed by atoms with van der Waals surface area (Å²) in [4.78, 5) is 0. The van der Waals surface area contributed by atoms with E-state index in [0.717, 1.165) is 22.0 Å². The summed E-state index contributed by atoms with van der Waals surface area (Å²) in [5.74, 6) is 0.375. The molecule has 0 aliphatic heterocycles. The van der Waals surface area contributed by atoms with Crippen LogP contribution in [-0.4, -0.2) is 12.2 Å². The van der Waals surface area contributed by atoms with E-state index in [1.54, 1.807) is 0 Å². The summed E-state index contributed by atoms with van der Waals surface area (Å²) < 4.78 is 0. The summed E-state index contributed by atoms with van der Waals surface area (Å²) in [6.45, 7) is 1.90. The van der Waals surface area contributed by atoms with Gasteiger partial charge >= 0.3 is 0 Å². The van der Waals surface area contributed by atoms with Gasteiger partial charge in [-0.3, -0.25) is 0 Å². The van der Waals surface area contributed by atoms with Gasteiger partial charge in [0.15, 0.2) is 0 Å². The summed E-state index contributed by atoms with van der Waals surface area (Å²) in [5, 5.41) is 14.9. The molecule has 2 N–H and O–H groups in total. The van der Waals surface area contributed by atoms with E-state index in [0.29, 0.717) is 5.75 Å². The van der Waals surface area contributed by atoms with Crippen molar-refractivity contribution in [1.82, 2.24) is 0 Å². The number of phenols is 1. The number of benzene rings is 2. The monoisotopic (exact) mass is 187 g/mol. The van der Waals surface area contributed by atoms with E-state index in [1.165, 1.54) is 0 Å². The molecule has 2 heteroatoms. The lowest BCUT2D eigenvalue weighted by Gasteiger charge is -2.08. The fraction of sp³-hybridized carbons (Fsp3) is 0.167. The maximum atomic E-state index is 9.85. The molecule has 2 aromatic rings. The molecule has 0 atom stereocenters. The predicted octanol–water partition coefficient (Wildman–Crippen LogP) is 2.90. The Morgan fingerprint density at radius 2 is 1.86 bits per heavy atom. The highest BCUT2D eigenvalue weighted by molar-refractivity contribution is 5.98. The van der Waals surface area contributed by atoms with Crippen LogP contribution in [-0.2, 0) is 0 Å². The van der Waals surface area contributed by atoms with Crippen molar-refractivity contribution < 1.29 is 5.11 Å². The molecule has 0 saturated carbocycles. The summed E-state index contributed by atoms with van der Waals surface area (Å²) in [6.07, 6.45) is 0. The Labute approximate surface area is 83.2 Å². The van der Waals surface area contributed by atoms with Gasteiger partial charge in [-0.15, -0.1) is 0 Å². The van der Waals surface area contributed by atoms with Gasteiger partial charge < -0.3 is 10.4 Å². The van der Waals surface area contributed by atoms with Crippen molar-refractivity contribution in [3.05, 3.63) is 35.9 Å². The second-order valence-corrected chi connectivity index (χ2v) is 3.38. The van der Waals surface area contributed by atoms with E-state index in [2.05, 4.69) is 5.32 Å². The highest BCUT2D eigenvalue weighted by atomic mass is 16.3. The van der Waals surface area contributed by atoms with Crippen LogP contribution in [0.25, 0.3) is 10.8 Å². The second kappa shape index (κ2) is 3.22. The molecular weight excluding hydrogens is 174 g/mol. The topological polar surface area (TPSA) is 32.3 Å². The molecule has 0 radical (unpaired) electrons. The van der Waals surface area contributed by atoms with Crippen molar-refractivity contribution in [3.8, 4) is 5.75 Å². The molecule has 0 saturated heterocycles. The summed E-state index contributed by atoms with van der Waals surface area (Å²) in [6, 6.07) is 9.82. The van der Waals surface area contributed by atoms with Gasteiger partial charge in [0, 0.05) is 23.5 Å².